The van der Waals surface area contributed by atoms with Gasteiger partial charge in [-0.05, 0) is 55.8 Å². The van der Waals surface area contributed by atoms with Crippen molar-refractivity contribution in [3.63, 3.8) is 0 Å². The molecule has 1 aliphatic rings. The fourth-order valence-corrected chi connectivity index (χ4v) is 3.71. The van der Waals surface area contributed by atoms with E-state index in [1.807, 2.05) is 56.3 Å². The van der Waals surface area contributed by atoms with Crippen LogP contribution in [0.15, 0.2) is 47.8 Å². The highest BCUT2D eigenvalue weighted by Crippen LogP contribution is 2.34. The van der Waals surface area contributed by atoms with E-state index >= 15 is 0 Å². The van der Waals surface area contributed by atoms with Crippen molar-refractivity contribution < 1.29 is 19.0 Å². The molecule has 1 atom stereocenters. The van der Waals surface area contributed by atoms with Gasteiger partial charge in [0.15, 0.2) is 11.5 Å². The van der Waals surface area contributed by atoms with Crippen LogP contribution in [0, 0.1) is 0 Å². The third kappa shape index (κ3) is 3.80. The highest BCUT2D eigenvalue weighted by molar-refractivity contribution is 7.13. The van der Waals surface area contributed by atoms with Crippen molar-refractivity contribution in [2.24, 2.45) is 0 Å². The number of benzene rings is 2. The molecular formula is C21H20N2O4S. The molecule has 0 radical (unpaired) electrons. The molecule has 144 valence electrons. The average molecular weight is 396 g/mol. The molecule has 1 N–H and O–H groups in total. The Bertz CT molecular complexity index is 984. The highest BCUT2D eigenvalue weighted by atomic mass is 32.1. The molecule has 0 spiro atoms. The fraction of sp³-hybridized carbons (Fsp3) is 0.238. The molecule has 2 heterocycles. The van der Waals surface area contributed by atoms with Crippen LogP contribution in [-0.2, 0) is 0 Å². The van der Waals surface area contributed by atoms with E-state index in [0.717, 1.165) is 27.6 Å². The van der Waals surface area contributed by atoms with Crippen LogP contribution in [0.2, 0.25) is 0 Å². The van der Waals surface area contributed by atoms with Crippen LogP contribution in [0.4, 0.5) is 0 Å². The number of ether oxygens (including phenoxy) is 3. The molecule has 28 heavy (non-hydrogen) atoms. The topological polar surface area (TPSA) is 69.7 Å². The monoisotopic (exact) mass is 396 g/mol. The quantitative estimate of drug-likeness (QED) is 0.668. The van der Waals surface area contributed by atoms with Crippen LogP contribution >= 0.6 is 11.3 Å². The highest BCUT2D eigenvalue weighted by Gasteiger charge is 2.19. The van der Waals surface area contributed by atoms with Crippen LogP contribution in [0.5, 0.6) is 17.2 Å². The molecule has 1 aliphatic heterocycles. The molecule has 2 aromatic carbocycles. The summed E-state index contributed by atoms with van der Waals surface area (Å²) >= 11 is 1.44. The molecule has 0 bridgehead atoms. The first-order chi connectivity index (χ1) is 13.6. The summed E-state index contributed by atoms with van der Waals surface area (Å²) in [5, 5.41) is 5.55. The number of rotatable bonds is 6. The van der Waals surface area contributed by atoms with Gasteiger partial charge in [-0.2, -0.15) is 0 Å². The van der Waals surface area contributed by atoms with E-state index in [4.69, 9.17) is 14.2 Å². The van der Waals surface area contributed by atoms with Gasteiger partial charge in [-0.1, -0.05) is 6.07 Å². The summed E-state index contributed by atoms with van der Waals surface area (Å²) in [4.78, 5) is 17.1. The summed E-state index contributed by atoms with van der Waals surface area (Å²) in [5.74, 6) is 2.03. The van der Waals surface area contributed by atoms with Gasteiger partial charge < -0.3 is 19.5 Å². The van der Waals surface area contributed by atoms with Crippen LogP contribution in [-0.4, -0.2) is 24.3 Å². The summed E-state index contributed by atoms with van der Waals surface area (Å²) in [6.07, 6.45) is 0. The lowest BCUT2D eigenvalue weighted by atomic mass is 10.1. The van der Waals surface area contributed by atoms with Gasteiger partial charge in [0, 0.05) is 10.9 Å². The molecule has 4 rings (SSSR count). The van der Waals surface area contributed by atoms with Crippen molar-refractivity contribution in [3.8, 4) is 27.8 Å². The number of carbonyl (C=O) groups is 1. The Kier molecular flexibility index (Phi) is 5.16. The van der Waals surface area contributed by atoms with Gasteiger partial charge in [-0.15, -0.1) is 11.3 Å². The Morgan fingerprint density at radius 3 is 2.79 bits per heavy atom. The molecule has 0 fully saturated rings. The van der Waals surface area contributed by atoms with E-state index < -0.39 is 0 Å². The third-order valence-electron chi connectivity index (χ3n) is 4.39. The molecule has 6 nitrogen and oxygen atoms in total. The number of thiazole rings is 1. The van der Waals surface area contributed by atoms with E-state index in [2.05, 4.69) is 10.3 Å². The minimum Gasteiger partial charge on any atom is -0.494 e. The first kappa shape index (κ1) is 18.3. The number of carbonyl (C=O) groups excluding carboxylic acids is 1. The fourth-order valence-electron chi connectivity index (χ4n) is 2.91. The van der Waals surface area contributed by atoms with E-state index in [1.165, 1.54) is 11.3 Å². The number of hydrogen-bond acceptors (Lipinski definition) is 6. The molecule has 1 aromatic heterocycles. The molecule has 1 unspecified atom stereocenters. The SMILES string of the molecule is CCOc1ccc(-c2nc(C(=O)NC(C)c3ccc4c(c3)OCO4)cs2)cc1. The van der Waals surface area contributed by atoms with Crippen LogP contribution in [0.1, 0.15) is 35.9 Å². The largest absolute Gasteiger partial charge is 0.494 e. The normalized spacial score (nSPS) is 13.2. The van der Waals surface area contributed by atoms with Crippen LogP contribution in [0.3, 0.4) is 0 Å². The molecule has 0 saturated heterocycles. The predicted molar refractivity (Wildman–Crippen MR) is 107 cm³/mol. The first-order valence-corrected chi connectivity index (χ1v) is 9.91. The Labute approximate surface area is 167 Å². The molecular weight excluding hydrogens is 376 g/mol. The maximum Gasteiger partial charge on any atom is 0.271 e. The second-order valence-electron chi connectivity index (χ2n) is 6.30. The van der Waals surface area contributed by atoms with Gasteiger partial charge >= 0.3 is 0 Å². The molecule has 3 aromatic rings. The van der Waals surface area contributed by atoms with Crippen molar-refractivity contribution in [2.75, 3.05) is 13.4 Å². The summed E-state index contributed by atoms with van der Waals surface area (Å²) in [6.45, 7) is 4.73. The Balaban J connectivity index is 1.44. The lowest BCUT2D eigenvalue weighted by Crippen LogP contribution is -2.26. The van der Waals surface area contributed by atoms with E-state index in [1.54, 1.807) is 5.38 Å². The minimum absolute atomic E-state index is 0.183. The second kappa shape index (κ2) is 7.90. The van der Waals surface area contributed by atoms with Gasteiger partial charge in [-0.3, -0.25) is 4.79 Å². The van der Waals surface area contributed by atoms with Gasteiger partial charge in [0.2, 0.25) is 6.79 Å². The van der Waals surface area contributed by atoms with Gasteiger partial charge in [-0.25, -0.2) is 4.98 Å². The van der Waals surface area contributed by atoms with Crippen molar-refractivity contribution in [2.45, 2.75) is 19.9 Å². The Hall–Kier alpha value is -3.06. The smallest absolute Gasteiger partial charge is 0.271 e. The number of hydrogen-bond donors (Lipinski definition) is 1. The molecule has 0 saturated carbocycles. The molecule has 0 aliphatic carbocycles. The van der Waals surface area contributed by atoms with Gasteiger partial charge in [0.05, 0.1) is 12.6 Å². The Morgan fingerprint density at radius 1 is 1.21 bits per heavy atom. The third-order valence-corrected chi connectivity index (χ3v) is 5.28. The first-order valence-electron chi connectivity index (χ1n) is 9.03. The number of fused-ring (bicyclic) bond motifs is 1. The zero-order valence-electron chi connectivity index (χ0n) is 15.6. The molecule has 7 heteroatoms. The number of aromatic nitrogens is 1. The van der Waals surface area contributed by atoms with Gasteiger partial charge in [0.1, 0.15) is 16.5 Å². The summed E-state index contributed by atoms with van der Waals surface area (Å²) < 4.78 is 16.2. The second-order valence-corrected chi connectivity index (χ2v) is 7.16. The van der Waals surface area contributed by atoms with E-state index in [-0.39, 0.29) is 18.7 Å². The molecule has 1 amide bonds. The lowest BCUT2D eigenvalue weighted by molar-refractivity contribution is 0.0935. The lowest BCUT2D eigenvalue weighted by Gasteiger charge is -2.14. The summed E-state index contributed by atoms with van der Waals surface area (Å²) in [5.41, 5.74) is 2.30. The van der Waals surface area contributed by atoms with Crippen molar-refractivity contribution in [1.29, 1.82) is 0 Å². The summed E-state index contributed by atoms with van der Waals surface area (Å²) in [7, 11) is 0. The number of nitrogens with zero attached hydrogens (tertiary/aromatic N) is 1. The Morgan fingerprint density at radius 2 is 2.00 bits per heavy atom. The zero-order chi connectivity index (χ0) is 19.5. The van der Waals surface area contributed by atoms with Crippen molar-refractivity contribution in [3.05, 3.63) is 59.1 Å². The number of nitrogens with one attached hydrogen (secondary N) is 1. The minimum atomic E-state index is -0.210. The van der Waals surface area contributed by atoms with E-state index in [9.17, 15) is 4.79 Å². The number of amides is 1. The van der Waals surface area contributed by atoms with E-state index in [0.29, 0.717) is 18.1 Å². The standard InChI is InChI=1S/C21H20N2O4S/c1-3-25-16-7-4-14(5-8-16)21-23-17(11-28-21)20(24)22-13(2)15-6-9-18-19(10-15)27-12-26-18/h4-11,13H,3,12H2,1-2H3,(H,22,24). The maximum atomic E-state index is 12.6. The van der Waals surface area contributed by atoms with Crippen LogP contribution in [0.25, 0.3) is 10.6 Å². The predicted octanol–water partition coefficient (Wildman–Crippen LogP) is 4.43. The maximum absolute atomic E-state index is 12.6. The summed E-state index contributed by atoms with van der Waals surface area (Å²) in [6, 6.07) is 13.2. The van der Waals surface area contributed by atoms with Crippen molar-refractivity contribution >= 4 is 17.2 Å². The van der Waals surface area contributed by atoms with Crippen LogP contribution < -0.4 is 19.5 Å². The van der Waals surface area contributed by atoms with Gasteiger partial charge in [0.25, 0.3) is 5.91 Å². The van der Waals surface area contributed by atoms with Crippen molar-refractivity contribution in [1.82, 2.24) is 10.3 Å². The average Bonchev–Trinajstić information content (AvgIpc) is 3.38. The zero-order valence-corrected chi connectivity index (χ0v) is 16.4.